The molecule has 1 aliphatic heterocycles. The normalized spacial score (nSPS) is 31.7. The van der Waals surface area contributed by atoms with Crippen molar-refractivity contribution >= 4 is 0 Å². The van der Waals surface area contributed by atoms with E-state index < -0.39 is 0 Å². The minimum Gasteiger partial charge on any atom is -0.373 e. The van der Waals surface area contributed by atoms with Gasteiger partial charge in [-0.1, -0.05) is 6.92 Å². The van der Waals surface area contributed by atoms with Crippen molar-refractivity contribution in [3.05, 3.63) is 0 Å². The lowest BCUT2D eigenvalue weighted by atomic mass is 10.1. The van der Waals surface area contributed by atoms with Gasteiger partial charge in [0.2, 0.25) is 0 Å². The van der Waals surface area contributed by atoms with Crippen molar-refractivity contribution in [2.75, 3.05) is 19.6 Å². The van der Waals surface area contributed by atoms with Crippen molar-refractivity contribution in [1.82, 2.24) is 4.90 Å². The molecule has 1 saturated heterocycles. The van der Waals surface area contributed by atoms with Crippen LogP contribution in [-0.4, -0.2) is 42.8 Å². The topological polar surface area (TPSA) is 38.5 Å². The molecule has 1 rings (SSSR count). The van der Waals surface area contributed by atoms with Crippen LogP contribution in [0.2, 0.25) is 0 Å². The Morgan fingerprint density at radius 1 is 1.50 bits per heavy atom. The molecular weight excluding hydrogens is 176 g/mol. The van der Waals surface area contributed by atoms with E-state index >= 15 is 0 Å². The van der Waals surface area contributed by atoms with E-state index in [0.29, 0.717) is 18.2 Å². The minimum atomic E-state index is 0.345. The molecule has 2 N–H and O–H groups in total. The van der Waals surface area contributed by atoms with Crippen molar-refractivity contribution < 1.29 is 4.74 Å². The quantitative estimate of drug-likeness (QED) is 0.741. The Balaban J connectivity index is 2.45. The first kappa shape index (κ1) is 12.0. The summed E-state index contributed by atoms with van der Waals surface area (Å²) in [4.78, 5) is 2.52. The molecule has 84 valence electrons. The Bertz CT molecular complexity index is 163. The Morgan fingerprint density at radius 2 is 2.21 bits per heavy atom. The number of nitrogens with zero attached hydrogens (tertiary/aromatic N) is 1. The van der Waals surface area contributed by atoms with Crippen molar-refractivity contribution in [1.29, 1.82) is 0 Å². The SMILES string of the molecule is CCC(C)N1CC(C)OC(CCN)C1. The van der Waals surface area contributed by atoms with Gasteiger partial charge in [-0.3, -0.25) is 4.90 Å². The average Bonchev–Trinajstić information content (AvgIpc) is 2.16. The van der Waals surface area contributed by atoms with Gasteiger partial charge in [-0.15, -0.1) is 0 Å². The highest BCUT2D eigenvalue weighted by molar-refractivity contribution is 4.79. The third-order valence-corrected chi connectivity index (χ3v) is 3.06. The van der Waals surface area contributed by atoms with Crippen LogP contribution >= 0.6 is 0 Å². The predicted molar refractivity (Wildman–Crippen MR) is 59.3 cm³/mol. The van der Waals surface area contributed by atoms with E-state index in [1.165, 1.54) is 6.42 Å². The van der Waals surface area contributed by atoms with Crippen molar-refractivity contribution in [2.24, 2.45) is 5.73 Å². The first-order valence-electron chi connectivity index (χ1n) is 5.77. The highest BCUT2D eigenvalue weighted by atomic mass is 16.5. The Kier molecular flexibility index (Phi) is 4.85. The van der Waals surface area contributed by atoms with Crippen LogP contribution in [0.25, 0.3) is 0 Å². The summed E-state index contributed by atoms with van der Waals surface area (Å²) < 4.78 is 5.83. The Hall–Kier alpha value is -0.120. The zero-order valence-electron chi connectivity index (χ0n) is 9.70. The van der Waals surface area contributed by atoms with Crippen LogP contribution in [0.1, 0.15) is 33.6 Å². The van der Waals surface area contributed by atoms with Crippen LogP contribution < -0.4 is 5.73 Å². The van der Waals surface area contributed by atoms with Crippen LogP contribution in [0.5, 0.6) is 0 Å². The van der Waals surface area contributed by atoms with E-state index in [9.17, 15) is 0 Å². The summed E-state index contributed by atoms with van der Waals surface area (Å²) >= 11 is 0. The van der Waals surface area contributed by atoms with Crippen LogP contribution in [-0.2, 0) is 4.74 Å². The Morgan fingerprint density at radius 3 is 2.79 bits per heavy atom. The molecular formula is C11H24N2O. The second kappa shape index (κ2) is 5.69. The van der Waals surface area contributed by atoms with Crippen LogP contribution in [0.3, 0.4) is 0 Å². The second-order valence-electron chi connectivity index (χ2n) is 4.36. The van der Waals surface area contributed by atoms with E-state index in [-0.39, 0.29) is 0 Å². The molecule has 0 aromatic carbocycles. The third kappa shape index (κ3) is 3.23. The lowest BCUT2D eigenvalue weighted by Crippen LogP contribution is -2.50. The lowest BCUT2D eigenvalue weighted by Gasteiger charge is -2.39. The monoisotopic (exact) mass is 200 g/mol. The molecule has 3 atom stereocenters. The van der Waals surface area contributed by atoms with Crippen molar-refractivity contribution in [2.45, 2.75) is 51.9 Å². The largest absolute Gasteiger partial charge is 0.373 e. The fourth-order valence-corrected chi connectivity index (χ4v) is 2.04. The number of rotatable bonds is 4. The maximum absolute atomic E-state index is 5.83. The van der Waals surface area contributed by atoms with Crippen molar-refractivity contribution in [3.8, 4) is 0 Å². The summed E-state index contributed by atoms with van der Waals surface area (Å²) in [5.74, 6) is 0. The lowest BCUT2D eigenvalue weighted by molar-refractivity contribution is -0.0885. The molecule has 3 unspecified atom stereocenters. The smallest absolute Gasteiger partial charge is 0.0718 e. The molecule has 3 heteroatoms. The van der Waals surface area contributed by atoms with E-state index in [4.69, 9.17) is 10.5 Å². The van der Waals surface area contributed by atoms with Gasteiger partial charge in [0.15, 0.2) is 0 Å². The third-order valence-electron chi connectivity index (χ3n) is 3.06. The zero-order valence-corrected chi connectivity index (χ0v) is 9.70. The number of nitrogens with two attached hydrogens (primary N) is 1. The molecule has 0 aromatic rings. The van der Waals surface area contributed by atoms with Crippen LogP contribution in [0.4, 0.5) is 0 Å². The molecule has 0 aliphatic carbocycles. The minimum absolute atomic E-state index is 0.345. The van der Waals surface area contributed by atoms with Gasteiger partial charge in [-0.05, 0) is 33.2 Å². The second-order valence-corrected chi connectivity index (χ2v) is 4.36. The standard InChI is InChI=1S/C11H24N2O/c1-4-9(2)13-7-10(3)14-11(8-13)5-6-12/h9-11H,4-8,12H2,1-3H3. The summed E-state index contributed by atoms with van der Waals surface area (Å²) in [6.07, 6.45) is 2.89. The summed E-state index contributed by atoms with van der Waals surface area (Å²) in [6.45, 7) is 9.52. The number of morpholine rings is 1. The van der Waals surface area contributed by atoms with E-state index in [0.717, 1.165) is 26.1 Å². The number of hydrogen-bond donors (Lipinski definition) is 1. The number of ether oxygens (including phenoxy) is 1. The molecule has 1 heterocycles. The number of hydrogen-bond acceptors (Lipinski definition) is 3. The van der Waals surface area contributed by atoms with E-state index in [1.54, 1.807) is 0 Å². The maximum Gasteiger partial charge on any atom is 0.0718 e. The summed E-state index contributed by atoms with van der Waals surface area (Å²) in [5, 5.41) is 0. The van der Waals surface area contributed by atoms with Gasteiger partial charge in [-0.2, -0.15) is 0 Å². The van der Waals surface area contributed by atoms with Gasteiger partial charge in [0.25, 0.3) is 0 Å². The van der Waals surface area contributed by atoms with Crippen LogP contribution in [0, 0.1) is 0 Å². The predicted octanol–water partition coefficient (Wildman–Crippen LogP) is 1.22. The fraction of sp³-hybridized carbons (Fsp3) is 1.00. The summed E-state index contributed by atoms with van der Waals surface area (Å²) in [5.41, 5.74) is 5.56. The molecule has 0 radical (unpaired) electrons. The van der Waals surface area contributed by atoms with Crippen LogP contribution in [0.15, 0.2) is 0 Å². The molecule has 3 nitrogen and oxygen atoms in total. The van der Waals surface area contributed by atoms with Gasteiger partial charge in [0.05, 0.1) is 12.2 Å². The first-order valence-corrected chi connectivity index (χ1v) is 5.77. The first-order chi connectivity index (χ1) is 6.67. The molecule has 0 aromatic heterocycles. The summed E-state index contributed by atoms with van der Waals surface area (Å²) in [6, 6.07) is 0.668. The Labute approximate surface area is 87.6 Å². The van der Waals surface area contributed by atoms with E-state index in [1.807, 2.05) is 0 Å². The highest BCUT2D eigenvalue weighted by Gasteiger charge is 2.26. The van der Waals surface area contributed by atoms with Crippen molar-refractivity contribution in [3.63, 3.8) is 0 Å². The molecule has 0 amide bonds. The van der Waals surface area contributed by atoms with Gasteiger partial charge < -0.3 is 10.5 Å². The maximum atomic E-state index is 5.83. The average molecular weight is 200 g/mol. The molecule has 0 spiro atoms. The molecule has 14 heavy (non-hydrogen) atoms. The van der Waals surface area contributed by atoms with Gasteiger partial charge in [0.1, 0.15) is 0 Å². The van der Waals surface area contributed by atoms with Gasteiger partial charge >= 0.3 is 0 Å². The molecule has 1 aliphatic rings. The zero-order chi connectivity index (χ0) is 10.6. The summed E-state index contributed by atoms with van der Waals surface area (Å²) in [7, 11) is 0. The van der Waals surface area contributed by atoms with Gasteiger partial charge in [0, 0.05) is 19.1 Å². The molecule has 0 bridgehead atoms. The fourth-order valence-electron chi connectivity index (χ4n) is 2.04. The molecule has 1 fully saturated rings. The van der Waals surface area contributed by atoms with E-state index in [2.05, 4.69) is 25.7 Å². The van der Waals surface area contributed by atoms with Gasteiger partial charge in [-0.25, -0.2) is 0 Å². The highest BCUT2D eigenvalue weighted by Crippen LogP contribution is 2.16. The molecule has 0 saturated carbocycles.